The molecule has 0 saturated heterocycles. The Balaban J connectivity index is 2.37. The summed E-state index contributed by atoms with van der Waals surface area (Å²) in [5.41, 5.74) is 5.49. The van der Waals surface area contributed by atoms with Gasteiger partial charge >= 0.3 is 0 Å². The van der Waals surface area contributed by atoms with Crippen molar-refractivity contribution < 1.29 is 8.42 Å². The van der Waals surface area contributed by atoms with E-state index in [-0.39, 0.29) is 32.4 Å². The van der Waals surface area contributed by atoms with Crippen molar-refractivity contribution in [3.05, 3.63) is 24.0 Å². The van der Waals surface area contributed by atoms with E-state index in [0.717, 1.165) is 0 Å². The van der Waals surface area contributed by atoms with Crippen molar-refractivity contribution in [2.24, 2.45) is 16.6 Å². The maximum absolute atomic E-state index is 12.5. The summed E-state index contributed by atoms with van der Waals surface area (Å²) in [6.07, 6.45) is 1.47. The van der Waals surface area contributed by atoms with E-state index >= 15 is 0 Å². The molecule has 0 atom stereocenters. The lowest BCUT2D eigenvalue weighted by Gasteiger charge is -2.11. The van der Waals surface area contributed by atoms with E-state index < -0.39 is 10.0 Å². The first-order valence-electron chi connectivity index (χ1n) is 6.29. The van der Waals surface area contributed by atoms with E-state index in [0.29, 0.717) is 0 Å². The van der Waals surface area contributed by atoms with Crippen molar-refractivity contribution in [2.75, 3.05) is 0 Å². The van der Waals surface area contributed by atoms with Crippen LogP contribution in [-0.2, 0) is 10.0 Å². The topological polar surface area (TPSA) is 85.1 Å². The van der Waals surface area contributed by atoms with Gasteiger partial charge in [0.15, 0.2) is 0 Å². The van der Waals surface area contributed by atoms with E-state index in [1.54, 1.807) is 6.07 Å². The molecule has 0 aliphatic heterocycles. The van der Waals surface area contributed by atoms with Crippen LogP contribution in [-0.4, -0.2) is 24.4 Å². The van der Waals surface area contributed by atoms with Crippen LogP contribution in [0.25, 0.3) is 0 Å². The van der Waals surface area contributed by atoms with Gasteiger partial charge in [-0.25, -0.2) is 13.1 Å². The summed E-state index contributed by atoms with van der Waals surface area (Å²) in [5.74, 6) is 0. The number of nitrogens with zero attached hydrogens (tertiary/aromatic N) is 1. The second-order valence-electron chi connectivity index (χ2n) is 6.21. The lowest BCUT2D eigenvalue weighted by Crippen LogP contribution is -2.32. The zero-order chi connectivity index (χ0) is 15.3. The molecule has 1 aliphatic carbocycles. The molecular weight excluding hydrogens is 294 g/mol. The molecule has 1 heterocycles. The second-order valence-corrected chi connectivity index (χ2v) is 8.33. The molecule has 1 aliphatic rings. The highest BCUT2D eigenvalue weighted by molar-refractivity contribution is 7.89. The molecule has 3 N–H and O–H groups in total. The van der Waals surface area contributed by atoms with Crippen molar-refractivity contribution >= 4 is 27.2 Å². The van der Waals surface area contributed by atoms with Gasteiger partial charge in [-0.1, -0.05) is 39.9 Å². The fourth-order valence-electron chi connectivity index (χ4n) is 2.50. The number of nitrogens with two attached hydrogens (primary N) is 1. The van der Waals surface area contributed by atoms with Gasteiger partial charge in [-0.3, -0.25) is 4.98 Å². The van der Waals surface area contributed by atoms with Crippen LogP contribution in [0.15, 0.2) is 23.2 Å². The molecule has 0 unspecified atom stereocenters. The summed E-state index contributed by atoms with van der Waals surface area (Å²) in [7, 11) is -3.69. The van der Waals surface area contributed by atoms with Crippen molar-refractivity contribution in [3.63, 3.8) is 0 Å². The van der Waals surface area contributed by atoms with E-state index in [1.807, 2.05) is 27.7 Å². The van der Waals surface area contributed by atoms with Crippen LogP contribution in [0.1, 0.15) is 33.4 Å². The second kappa shape index (κ2) is 4.47. The van der Waals surface area contributed by atoms with Gasteiger partial charge in [0, 0.05) is 12.2 Å². The van der Waals surface area contributed by atoms with Gasteiger partial charge in [-0.05, 0) is 23.0 Å². The minimum absolute atomic E-state index is 0.0275. The van der Waals surface area contributed by atoms with E-state index in [1.165, 1.54) is 12.3 Å². The Morgan fingerprint density at radius 2 is 1.90 bits per heavy atom. The van der Waals surface area contributed by atoms with Gasteiger partial charge in [0.05, 0.1) is 0 Å². The number of pyridine rings is 1. The summed E-state index contributed by atoms with van der Waals surface area (Å²) >= 11 is 4.86. The molecule has 0 spiro atoms. The van der Waals surface area contributed by atoms with Crippen molar-refractivity contribution in [1.29, 1.82) is 0 Å². The van der Waals surface area contributed by atoms with Gasteiger partial charge < -0.3 is 5.73 Å². The number of hydrogen-bond donors (Lipinski definition) is 2. The molecule has 5 nitrogen and oxygen atoms in total. The highest BCUT2D eigenvalue weighted by Gasteiger charge is 2.66. The number of hydrogen-bond acceptors (Lipinski definition) is 4. The quantitative estimate of drug-likeness (QED) is 0.821. The lowest BCUT2D eigenvalue weighted by molar-refractivity contribution is 0.457. The van der Waals surface area contributed by atoms with Crippen molar-refractivity contribution in [2.45, 2.75) is 38.6 Å². The van der Waals surface area contributed by atoms with Gasteiger partial charge in [-0.2, -0.15) is 0 Å². The molecule has 20 heavy (non-hydrogen) atoms. The van der Waals surface area contributed by atoms with Gasteiger partial charge in [-0.15, -0.1) is 0 Å². The maximum Gasteiger partial charge on any atom is 0.243 e. The zero-order valence-corrected chi connectivity index (χ0v) is 13.6. The minimum Gasteiger partial charge on any atom is -0.388 e. The summed E-state index contributed by atoms with van der Waals surface area (Å²) in [6.45, 7) is 8.16. The van der Waals surface area contributed by atoms with Crippen LogP contribution in [0, 0.1) is 10.8 Å². The normalized spacial score (nSPS) is 20.6. The molecule has 0 aromatic carbocycles. The van der Waals surface area contributed by atoms with Gasteiger partial charge in [0.25, 0.3) is 0 Å². The third kappa shape index (κ3) is 2.23. The predicted molar refractivity (Wildman–Crippen MR) is 81.8 cm³/mol. The minimum atomic E-state index is -3.69. The molecule has 1 fully saturated rings. The average Bonchev–Trinajstić information content (AvgIpc) is 2.71. The molecule has 2 rings (SSSR count). The molecule has 0 amide bonds. The number of sulfonamides is 1. The largest absolute Gasteiger partial charge is 0.388 e. The first-order valence-corrected chi connectivity index (χ1v) is 8.18. The van der Waals surface area contributed by atoms with Crippen molar-refractivity contribution in [1.82, 2.24) is 9.71 Å². The van der Waals surface area contributed by atoms with Crippen LogP contribution < -0.4 is 10.5 Å². The summed E-state index contributed by atoms with van der Waals surface area (Å²) in [4.78, 5) is 3.97. The third-order valence-electron chi connectivity index (χ3n) is 4.59. The highest BCUT2D eigenvalue weighted by atomic mass is 32.2. The van der Waals surface area contributed by atoms with Crippen LogP contribution in [0.2, 0.25) is 0 Å². The number of thiocarbonyl (C=S) groups is 1. The van der Waals surface area contributed by atoms with Crippen LogP contribution >= 0.6 is 12.2 Å². The SMILES string of the molecule is CC1(C)C(NS(=O)(=O)c2cccnc2C(N)=S)C1(C)C. The standard InChI is InChI=1S/C13H19N3O2S2/c1-12(2)11(13(12,3)4)16-20(17,18)8-6-5-7-15-9(8)10(14)19/h5-7,11,16H,1-4H3,(H2,14,19). The number of rotatable bonds is 4. The summed E-state index contributed by atoms with van der Waals surface area (Å²) < 4.78 is 27.8. The third-order valence-corrected chi connectivity index (χ3v) is 6.24. The van der Waals surface area contributed by atoms with E-state index in [4.69, 9.17) is 18.0 Å². The van der Waals surface area contributed by atoms with Gasteiger partial charge in [0.1, 0.15) is 15.6 Å². The molecule has 0 bridgehead atoms. The van der Waals surface area contributed by atoms with Crippen LogP contribution in [0.4, 0.5) is 0 Å². The Morgan fingerprint density at radius 1 is 1.35 bits per heavy atom. The van der Waals surface area contributed by atoms with Crippen molar-refractivity contribution in [3.8, 4) is 0 Å². The summed E-state index contributed by atoms with van der Waals surface area (Å²) in [6, 6.07) is 2.89. The Kier molecular flexibility index (Phi) is 3.43. The Morgan fingerprint density at radius 3 is 2.35 bits per heavy atom. The number of nitrogens with one attached hydrogen (secondary N) is 1. The highest BCUT2D eigenvalue weighted by Crippen LogP contribution is 2.62. The lowest BCUT2D eigenvalue weighted by atomic mass is 10.0. The molecular formula is C13H19N3O2S2. The Hall–Kier alpha value is -1.05. The summed E-state index contributed by atoms with van der Waals surface area (Å²) in [5, 5.41) is 0. The average molecular weight is 313 g/mol. The fourth-order valence-corrected chi connectivity index (χ4v) is 4.43. The molecule has 1 aromatic heterocycles. The zero-order valence-electron chi connectivity index (χ0n) is 12.0. The molecule has 1 saturated carbocycles. The molecule has 0 radical (unpaired) electrons. The first kappa shape index (κ1) is 15.3. The molecule has 110 valence electrons. The first-order chi connectivity index (χ1) is 9.02. The van der Waals surface area contributed by atoms with Crippen LogP contribution in [0.3, 0.4) is 0 Å². The van der Waals surface area contributed by atoms with Crippen LogP contribution in [0.5, 0.6) is 0 Å². The maximum atomic E-state index is 12.5. The predicted octanol–water partition coefficient (Wildman–Crippen LogP) is 1.43. The molecule has 1 aromatic rings. The number of aromatic nitrogens is 1. The Labute approximate surface area is 125 Å². The van der Waals surface area contributed by atoms with Gasteiger partial charge in [0.2, 0.25) is 10.0 Å². The smallest absolute Gasteiger partial charge is 0.243 e. The van der Waals surface area contributed by atoms with E-state index in [9.17, 15) is 8.42 Å². The molecule has 7 heteroatoms. The Bertz CT molecular complexity index is 652. The monoisotopic (exact) mass is 313 g/mol. The van der Waals surface area contributed by atoms with E-state index in [2.05, 4.69) is 9.71 Å². The fraction of sp³-hybridized carbons (Fsp3) is 0.538.